The minimum absolute atomic E-state index is 0. The van der Waals surface area contributed by atoms with Gasteiger partial charge in [-0.2, -0.15) is 0 Å². The Kier molecular flexibility index (Phi) is 8.35. The number of guanidine groups is 1. The maximum absolute atomic E-state index is 6.08. The van der Waals surface area contributed by atoms with E-state index in [0.717, 1.165) is 43.4 Å². The number of aliphatic imine (C=N–C) groups is 1. The molecule has 0 bridgehead atoms. The van der Waals surface area contributed by atoms with E-state index in [1.165, 1.54) is 0 Å². The number of rotatable bonds is 3. The Labute approximate surface area is 162 Å². The van der Waals surface area contributed by atoms with Crippen molar-refractivity contribution in [3.8, 4) is 0 Å². The molecular formula is C17H30IN5O. The second-order valence-electron chi connectivity index (χ2n) is 6.91. The minimum Gasteiger partial charge on any atom is -0.372 e. The predicted molar refractivity (Wildman–Crippen MR) is 108 cm³/mol. The van der Waals surface area contributed by atoms with Crippen molar-refractivity contribution in [1.82, 2.24) is 20.2 Å². The van der Waals surface area contributed by atoms with Crippen LogP contribution in [0.15, 0.2) is 17.3 Å². The van der Waals surface area contributed by atoms with Crippen molar-refractivity contribution in [1.29, 1.82) is 0 Å². The van der Waals surface area contributed by atoms with Gasteiger partial charge in [-0.15, -0.1) is 24.0 Å². The number of aryl methyl sites for hydroxylation is 1. The second kappa shape index (κ2) is 9.50. The lowest BCUT2D eigenvalue weighted by Gasteiger charge is -2.36. The molecule has 24 heavy (non-hydrogen) atoms. The van der Waals surface area contributed by atoms with E-state index in [2.05, 4.69) is 45.9 Å². The number of hydrogen-bond acceptors (Lipinski definition) is 4. The van der Waals surface area contributed by atoms with Crippen molar-refractivity contribution in [3.63, 3.8) is 0 Å². The van der Waals surface area contributed by atoms with Crippen LogP contribution < -0.4 is 5.32 Å². The highest BCUT2D eigenvalue weighted by Gasteiger charge is 2.25. The summed E-state index contributed by atoms with van der Waals surface area (Å²) in [6, 6.07) is 1.93. The number of nitrogens with one attached hydrogen (secondary N) is 1. The SMILES string of the molecule is CN=C(NCc1ccnc(C)n1)N1CCC(OC(C)(C)C)CC1.I. The maximum atomic E-state index is 6.08. The van der Waals surface area contributed by atoms with E-state index in [1.54, 1.807) is 6.20 Å². The molecule has 7 heteroatoms. The molecule has 0 amide bonds. The number of piperidine rings is 1. The van der Waals surface area contributed by atoms with Gasteiger partial charge in [-0.25, -0.2) is 9.97 Å². The lowest BCUT2D eigenvalue weighted by atomic mass is 10.1. The van der Waals surface area contributed by atoms with Crippen LogP contribution in [0.5, 0.6) is 0 Å². The first kappa shape index (κ1) is 21.1. The zero-order chi connectivity index (χ0) is 16.9. The fourth-order valence-corrected chi connectivity index (χ4v) is 2.79. The van der Waals surface area contributed by atoms with Crippen LogP contribution in [0.1, 0.15) is 45.1 Å². The number of hydrogen-bond donors (Lipinski definition) is 1. The van der Waals surface area contributed by atoms with E-state index < -0.39 is 0 Å². The number of nitrogens with zero attached hydrogens (tertiary/aromatic N) is 4. The monoisotopic (exact) mass is 447 g/mol. The van der Waals surface area contributed by atoms with E-state index in [9.17, 15) is 0 Å². The summed E-state index contributed by atoms with van der Waals surface area (Å²) in [6.07, 6.45) is 4.20. The average Bonchev–Trinajstić information content (AvgIpc) is 2.48. The molecule has 136 valence electrons. The fraction of sp³-hybridized carbons (Fsp3) is 0.706. The van der Waals surface area contributed by atoms with Crippen LogP contribution in [0, 0.1) is 6.92 Å². The zero-order valence-electron chi connectivity index (χ0n) is 15.4. The summed E-state index contributed by atoms with van der Waals surface area (Å²) >= 11 is 0. The molecule has 1 aromatic rings. The Bertz CT molecular complexity index is 536. The molecule has 2 heterocycles. The second-order valence-corrected chi connectivity index (χ2v) is 6.91. The van der Waals surface area contributed by atoms with Gasteiger partial charge in [0.15, 0.2) is 5.96 Å². The van der Waals surface area contributed by atoms with Gasteiger partial charge < -0.3 is 15.0 Å². The third kappa shape index (κ3) is 6.88. The molecule has 6 nitrogen and oxygen atoms in total. The van der Waals surface area contributed by atoms with Gasteiger partial charge in [-0.05, 0) is 46.6 Å². The Morgan fingerprint density at radius 3 is 2.58 bits per heavy atom. The third-order valence-electron chi connectivity index (χ3n) is 3.73. The summed E-state index contributed by atoms with van der Waals surface area (Å²) < 4.78 is 6.08. The van der Waals surface area contributed by atoms with Crippen molar-refractivity contribution < 1.29 is 4.74 Å². The first-order chi connectivity index (χ1) is 10.9. The Hall–Kier alpha value is -0.960. The molecule has 0 radical (unpaired) electrons. The molecule has 0 aromatic carbocycles. The predicted octanol–water partition coefficient (Wildman–Crippen LogP) is 2.76. The number of likely N-dealkylation sites (tertiary alicyclic amines) is 1. The Balaban J connectivity index is 0.00000288. The van der Waals surface area contributed by atoms with Crippen molar-refractivity contribution in [2.45, 2.75) is 58.8 Å². The summed E-state index contributed by atoms with van der Waals surface area (Å²) in [7, 11) is 1.82. The van der Waals surface area contributed by atoms with Crippen LogP contribution in [-0.2, 0) is 11.3 Å². The van der Waals surface area contributed by atoms with Gasteiger partial charge >= 0.3 is 0 Å². The molecule has 0 unspecified atom stereocenters. The number of ether oxygens (including phenoxy) is 1. The molecule has 1 aliphatic heterocycles. The largest absolute Gasteiger partial charge is 0.372 e. The van der Waals surface area contributed by atoms with Crippen molar-refractivity contribution in [3.05, 3.63) is 23.8 Å². The first-order valence-corrected chi connectivity index (χ1v) is 8.29. The molecule has 1 aliphatic rings. The molecule has 0 spiro atoms. The smallest absolute Gasteiger partial charge is 0.193 e. The molecule has 1 fully saturated rings. The van der Waals surface area contributed by atoms with Crippen LogP contribution in [0.3, 0.4) is 0 Å². The molecular weight excluding hydrogens is 417 g/mol. The summed E-state index contributed by atoms with van der Waals surface area (Å²) in [5.74, 6) is 1.72. The van der Waals surface area contributed by atoms with Gasteiger partial charge in [0.25, 0.3) is 0 Å². The van der Waals surface area contributed by atoms with Crippen LogP contribution in [0.2, 0.25) is 0 Å². The molecule has 2 rings (SSSR count). The van der Waals surface area contributed by atoms with Gasteiger partial charge in [0.05, 0.1) is 23.9 Å². The Morgan fingerprint density at radius 2 is 2.04 bits per heavy atom. The highest BCUT2D eigenvalue weighted by Crippen LogP contribution is 2.20. The van der Waals surface area contributed by atoms with Crippen molar-refractivity contribution in [2.24, 2.45) is 4.99 Å². The zero-order valence-corrected chi connectivity index (χ0v) is 17.7. The fourth-order valence-electron chi connectivity index (χ4n) is 2.79. The van der Waals surface area contributed by atoms with Crippen molar-refractivity contribution >= 4 is 29.9 Å². The topological polar surface area (TPSA) is 62.6 Å². The first-order valence-electron chi connectivity index (χ1n) is 8.29. The lowest BCUT2D eigenvalue weighted by molar-refractivity contribution is -0.0772. The van der Waals surface area contributed by atoms with E-state index in [1.807, 2.05) is 20.0 Å². The molecule has 1 aromatic heterocycles. The van der Waals surface area contributed by atoms with Crippen LogP contribution in [-0.4, -0.2) is 52.7 Å². The van der Waals surface area contributed by atoms with Crippen LogP contribution in [0.25, 0.3) is 0 Å². The molecule has 1 saturated heterocycles. The Morgan fingerprint density at radius 1 is 1.38 bits per heavy atom. The summed E-state index contributed by atoms with van der Waals surface area (Å²) in [5.41, 5.74) is 0.905. The highest BCUT2D eigenvalue weighted by atomic mass is 127. The quantitative estimate of drug-likeness (QED) is 0.439. The van der Waals surface area contributed by atoms with Gasteiger partial charge in [-0.3, -0.25) is 4.99 Å². The maximum Gasteiger partial charge on any atom is 0.193 e. The van der Waals surface area contributed by atoms with Crippen LogP contribution in [0.4, 0.5) is 0 Å². The van der Waals surface area contributed by atoms with Crippen LogP contribution >= 0.6 is 24.0 Å². The normalized spacial score (nSPS) is 16.7. The van der Waals surface area contributed by atoms with E-state index >= 15 is 0 Å². The van der Waals surface area contributed by atoms with Crippen molar-refractivity contribution in [2.75, 3.05) is 20.1 Å². The number of aromatic nitrogens is 2. The average molecular weight is 447 g/mol. The molecule has 0 aliphatic carbocycles. The third-order valence-corrected chi connectivity index (χ3v) is 3.73. The van der Waals surface area contributed by atoms with Gasteiger partial charge in [0.2, 0.25) is 0 Å². The standard InChI is InChI=1S/C17H29N5O.HI/c1-13-19-9-6-14(21-13)12-20-16(18-5)22-10-7-15(8-11-22)23-17(2,3)4;/h6,9,15H,7-8,10-12H2,1-5H3,(H,18,20);1H. The summed E-state index contributed by atoms with van der Waals surface area (Å²) in [5, 5.41) is 3.39. The summed E-state index contributed by atoms with van der Waals surface area (Å²) in [6.45, 7) is 10.8. The van der Waals surface area contributed by atoms with E-state index in [4.69, 9.17) is 4.74 Å². The van der Waals surface area contributed by atoms with Gasteiger partial charge in [-0.1, -0.05) is 0 Å². The molecule has 0 saturated carbocycles. The molecule has 1 N–H and O–H groups in total. The lowest BCUT2D eigenvalue weighted by Crippen LogP contribution is -2.47. The summed E-state index contributed by atoms with van der Waals surface area (Å²) in [4.78, 5) is 15.2. The van der Waals surface area contributed by atoms with Gasteiger partial charge in [0, 0.05) is 26.3 Å². The van der Waals surface area contributed by atoms with E-state index in [-0.39, 0.29) is 29.6 Å². The number of halogens is 1. The van der Waals surface area contributed by atoms with Gasteiger partial charge in [0.1, 0.15) is 5.82 Å². The molecule has 0 atom stereocenters. The highest BCUT2D eigenvalue weighted by molar-refractivity contribution is 14.0. The van der Waals surface area contributed by atoms with E-state index in [0.29, 0.717) is 12.6 Å². The minimum atomic E-state index is -0.0718.